The molecule has 1 fully saturated rings. The monoisotopic (exact) mass is 362 g/mol. The van der Waals surface area contributed by atoms with Gasteiger partial charge in [0.25, 0.3) is 0 Å². The number of ether oxygens (including phenoxy) is 1. The van der Waals surface area contributed by atoms with Crippen molar-refractivity contribution in [1.82, 2.24) is 19.3 Å². The number of sulfonamides is 1. The molecule has 0 bridgehead atoms. The number of carbonyl (C=O) groups excluding carboxylic acids is 1. The summed E-state index contributed by atoms with van der Waals surface area (Å²) in [4.78, 5) is 11.7. The molecule has 0 saturated carbocycles. The lowest BCUT2D eigenvalue weighted by atomic mass is 10.1. The number of hydrogen-bond donors (Lipinski definition) is 1. The highest BCUT2D eigenvalue weighted by Crippen LogP contribution is 2.27. The van der Waals surface area contributed by atoms with Crippen molar-refractivity contribution in [1.29, 1.82) is 0 Å². The Morgan fingerprint density at radius 3 is 2.78 bits per heavy atom. The van der Waals surface area contributed by atoms with Gasteiger partial charge in [0.1, 0.15) is 0 Å². The normalized spacial score (nSPS) is 22.4. The maximum atomic E-state index is 11.8. The van der Waals surface area contributed by atoms with Crippen LogP contribution in [0, 0.1) is 6.92 Å². The van der Waals surface area contributed by atoms with Crippen LogP contribution in [-0.2, 0) is 21.3 Å². The second-order valence-corrected chi connectivity index (χ2v) is 8.30. The summed E-state index contributed by atoms with van der Waals surface area (Å²) in [6.07, 6.45) is 2.51. The van der Waals surface area contributed by atoms with Crippen molar-refractivity contribution in [2.75, 3.05) is 19.4 Å². The summed E-state index contributed by atoms with van der Waals surface area (Å²) < 4.78 is 31.7. The van der Waals surface area contributed by atoms with Crippen molar-refractivity contribution in [3.8, 4) is 0 Å². The maximum Gasteiger partial charge on any atom is 0.360 e. The predicted octanol–water partition coefficient (Wildman–Crippen LogP) is 0.486. The number of esters is 1. The highest BCUT2D eigenvalue weighted by atomic mass is 32.2. The van der Waals surface area contributed by atoms with E-state index in [9.17, 15) is 13.2 Å². The van der Waals surface area contributed by atoms with E-state index in [4.69, 9.17) is 4.74 Å². The van der Waals surface area contributed by atoms with Gasteiger partial charge in [0.15, 0.2) is 5.69 Å². The second-order valence-electron chi connectivity index (χ2n) is 5.63. The molecule has 2 atom stereocenters. The molecule has 8 nitrogen and oxygen atoms in total. The van der Waals surface area contributed by atoms with E-state index in [1.807, 2.05) is 0 Å². The molecule has 1 saturated heterocycles. The first-order valence-corrected chi connectivity index (χ1v) is 9.82. The first-order chi connectivity index (χ1) is 10.7. The Hall–Kier alpha value is -1.13. The van der Waals surface area contributed by atoms with Gasteiger partial charge in [-0.3, -0.25) is 0 Å². The summed E-state index contributed by atoms with van der Waals surface area (Å²) in [5.41, 5.74) is 0.820. The topological polar surface area (TPSA) is 94.4 Å². The predicted molar refractivity (Wildman–Crippen MR) is 88.1 cm³/mol. The molecule has 1 aromatic rings. The van der Waals surface area contributed by atoms with Crippen LogP contribution in [-0.4, -0.2) is 64.4 Å². The smallest absolute Gasteiger partial charge is 0.360 e. The molecular formula is C13H22N4O4S2. The van der Waals surface area contributed by atoms with Crippen molar-refractivity contribution < 1.29 is 17.9 Å². The Morgan fingerprint density at radius 1 is 1.48 bits per heavy atom. The largest absolute Gasteiger partial charge is 0.461 e. The van der Waals surface area contributed by atoms with Gasteiger partial charge in [-0.1, -0.05) is 5.21 Å². The van der Waals surface area contributed by atoms with Gasteiger partial charge in [-0.05, 0) is 26.7 Å². The van der Waals surface area contributed by atoms with E-state index >= 15 is 0 Å². The number of thiol groups is 1. The zero-order chi connectivity index (χ0) is 17.2. The Morgan fingerprint density at radius 2 is 2.17 bits per heavy atom. The first-order valence-electron chi connectivity index (χ1n) is 7.46. The lowest BCUT2D eigenvalue weighted by molar-refractivity contribution is 0.0518. The van der Waals surface area contributed by atoms with Gasteiger partial charge in [-0.2, -0.15) is 16.9 Å². The van der Waals surface area contributed by atoms with Crippen molar-refractivity contribution >= 4 is 28.6 Å². The lowest BCUT2D eigenvalue weighted by Gasteiger charge is -2.21. The van der Waals surface area contributed by atoms with E-state index in [1.54, 1.807) is 18.5 Å². The van der Waals surface area contributed by atoms with Gasteiger partial charge in [-0.15, -0.1) is 5.10 Å². The molecule has 2 rings (SSSR count). The molecule has 1 aliphatic rings. The quantitative estimate of drug-likeness (QED) is 0.584. The standard InChI is InChI=1S/C13H22N4O4S2/c1-4-21-13(18)12-9(2)16(15-14-12)6-5-10-7-11(22)8-17(10)23(3,19)20/h10-11,22H,4-8H2,1-3H3. The fraction of sp³-hybridized carbons (Fsp3) is 0.769. The van der Waals surface area contributed by atoms with E-state index < -0.39 is 16.0 Å². The molecule has 130 valence electrons. The van der Waals surface area contributed by atoms with Gasteiger partial charge in [0, 0.05) is 24.4 Å². The minimum atomic E-state index is -3.25. The van der Waals surface area contributed by atoms with Gasteiger partial charge < -0.3 is 4.74 Å². The second kappa shape index (κ2) is 7.18. The molecule has 10 heteroatoms. The van der Waals surface area contributed by atoms with E-state index in [0.717, 1.165) is 0 Å². The lowest BCUT2D eigenvalue weighted by Crippen LogP contribution is -2.35. The van der Waals surface area contributed by atoms with Crippen LogP contribution in [0.15, 0.2) is 0 Å². The number of hydrogen-bond acceptors (Lipinski definition) is 7. The highest BCUT2D eigenvalue weighted by Gasteiger charge is 2.35. The zero-order valence-corrected chi connectivity index (χ0v) is 15.2. The van der Waals surface area contributed by atoms with Crippen LogP contribution in [0.4, 0.5) is 0 Å². The molecular weight excluding hydrogens is 340 g/mol. The molecule has 2 unspecified atom stereocenters. The molecule has 0 aliphatic carbocycles. The van der Waals surface area contributed by atoms with Crippen molar-refractivity contribution in [2.24, 2.45) is 0 Å². The number of nitrogens with zero attached hydrogens (tertiary/aromatic N) is 4. The SMILES string of the molecule is CCOC(=O)c1nnn(CCC2CC(S)CN2S(C)(=O)=O)c1C. The molecule has 0 N–H and O–H groups in total. The minimum Gasteiger partial charge on any atom is -0.461 e. The Labute approximate surface area is 141 Å². The van der Waals surface area contributed by atoms with E-state index in [0.29, 0.717) is 31.6 Å². The van der Waals surface area contributed by atoms with Crippen molar-refractivity contribution in [3.05, 3.63) is 11.4 Å². The van der Waals surface area contributed by atoms with Crippen molar-refractivity contribution in [2.45, 2.75) is 44.5 Å². The molecule has 0 radical (unpaired) electrons. The van der Waals surface area contributed by atoms with Crippen LogP contribution in [0.5, 0.6) is 0 Å². The average Bonchev–Trinajstić information content (AvgIpc) is 2.99. The molecule has 0 spiro atoms. The summed E-state index contributed by atoms with van der Waals surface area (Å²) in [5, 5.41) is 7.86. The van der Waals surface area contributed by atoms with Gasteiger partial charge in [-0.25, -0.2) is 17.9 Å². The Balaban J connectivity index is 2.05. The molecule has 0 aromatic carbocycles. The first kappa shape index (κ1) is 18.2. The van der Waals surface area contributed by atoms with Crippen LogP contribution >= 0.6 is 12.6 Å². The third kappa shape index (κ3) is 4.24. The minimum absolute atomic E-state index is 0.0432. The molecule has 23 heavy (non-hydrogen) atoms. The number of carbonyl (C=O) groups is 1. The summed E-state index contributed by atoms with van der Waals surface area (Å²) in [7, 11) is -3.25. The maximum absolute atomic E-state index is 11.8. The van der Waals surface area contributed by atoms with E-state index in [1.165, 1.54) is 10.6 Å². The highest BCUT2D eigenvalue weighted by molar-refractivity contribution is 7.88. The zero-order valence-electron chi connectivity index (χ0n) is 13.5. The molecule has 1 aliphatic heterocycles. The van der Waals surface area contributed by atoms with Crippen LogP contribution < -0.4 is 0 Å². The molecule has 2 heterocycles. The number of rotatable bonds is 6. The third-order valence-electron chi connectivity index (χ3n) is 3.89. The van der Waals surface area contributed by atoms with Gasteiger partial charge in [0.05, 0.1) is 18.6 Å². The number of aromatic nitrogens is 3. The Kier molecular flexibility index (Phi) is 5.69. The van der Waals surface area contributed by atoms with Gasteiger partial charge >= 0.3 is 5.97 Å². The van der Waals surface area contributed by atoms with Crippen LogP contribution in [0.25, 0.3) is 0 Å². The fourth-order valence-electron chi connectivity index (χ4n) is 2.76. The summed E-state index contributed by atoms with van der Waals surface area (Å²) in [5.74, 6) is -0.495. The van der Waals surface area contributed by atoms with E-state index in [2.05, 4.69) is 22.9 Å². The summed E-state index contributed by atoms with van der Waals surface area (Å²) >= 11 is 4.40. The van der Waals surface area contributed by atoms with Crippen LogP contribution in [0.1, 0.15) is 35.9 Å². The number of aryl methyl sites for hydroxylation is 1. The molecule has 0 amide bonds. The van der Waals surface area contributed by atoms with Crippen molar-refractivity contribution in [3.63, 3.8) is 0 Å². The summed E-state index contributed by atoms with van der Waals surface area (Å²) in [6.45, 7) is 4.66. The fourth-order valence-corrected chi connectivity index (χ4v) is 4.48. The third-order valence-corrected chi connectivity index (χ3v) is 5.57. The molecule has 1 aromatic heterocycles. The van der Waals surface area contributed by atoms with Gasteiger partial charge in [0.2, 0.25) is 10.0 Å². The van der Waals surface area contributed by atoms with E-state index in [-0.39, 0.29) is 23.6 Å². The van der Waals surface area contributed by atoms with Crippen LogP contribution in [0.3, 0.4) is 0 Å². The Bertz CT molecular complexity index is 674. The average molecular weight is 362 g/mol. The summed E-state index contributed by atoms with van der Waals surface area (Å²) in [6, 6.07) is -0.109. The van der Waals surface area contributed by atoms with Crippen LogP contribution in [0.2, 0.25) is 0 Å².